The van der Waals surface area contributed by atoms with Crippen LogP contribution in [0.4, 0.5) is 0 Å². The number of benzene rings is 1. The highest BCUT2D eigenvalue weighted by molar-refractivity contribution is 5.99. The van der Waals surface area contributed by atoms with Crippen molar-refractivity contribution in [3.05, 3.63) is 34.9 Å². The molecule has 1 aromatic carbocycles. The summed E-state index contributed by atoms with van der Waals surface area (Å²) in [7, 11) is 3.01. The van der Waals surface area contributed by atoms with Crippen molar-refractivity contribution in [3.8, 4) is 0 Å². The summed E-state index contributed by atoms with van der Waals surface area (Å²) >= 11 is 0. The molecule has 5 rings (SSSR count). The summed E-state index contributed by atoms with van der Waals surface area (Å²) in [5, 5.41) is 15.2. The fraction of sp³-hybridized carbons (Fsp3) is 0.636. The molecule has 2 unspecified atom stereocenters. The molecule has 4 saturated carbocycles. The number of hydrogen-bond donors (Lipinski definition) is 2. The van der Waals surface area contributed by atoms with Gasteiger partial charge in [0.15, 0.2) is 0 Å². The van der Waals surface area contributed by atoms with E-state index in [1.54, 1.807) is 25.2 Å². The molecule has 4 fully saturated rings. The molecule has 2 N–H and O–H groups in total. The topological polar surface area (TPSA) is 78.9 Å². The zero-order chi connectivity index (χ0) is 20.1. The Bertz CT molecular complexity index is 777. The monoisotopic (exact) mass is 386 g/mol. The first kappa shape index (κ1) is 19.4. The number of aryl methyl sites for hydroxylation is 1. The minimum atomic E-state index is -0.498. The van der Waals surface area contributed by atoms with Gasteiger partial charge in [0.2, 0.25) is 0 Å². The second-order valence-electron chi connectivity index (χ2n) is 8.90. The fourth-order valence-corrected chi connectivity index (χ4v) is 5.95. The van der Waals surface area contributed by atoms with Crippen molar-refractivity contribution in [1.82, 2.24) is 10.4 Å². The molecule has 4 bridgehead atoms. The molecule has 2 atom stereocenters. The molecular formula is C22H30N2O4. The number of aliphatic hydroxyl groups is 1. The van der Waals surface area contributed by atoms with E-state index in [0.29, 0.717) is 35.3 Å². The minimum absolute atomic E-state index is 0.0691. The third kappa shape index (κ3) is 3.33. The lowest BCUT2D eigenvalue weighted by atomic mass is 9.52. The molecule has 2 amide bonds. The van der Waals surface area contributed by atoms with Crippen LogP contribution in [0, 0.1) is 17.8 Å². The van der Waals surface area contributed by atoms with Gasteiger partial charge in [0.25, 0.3) is 11.8 Å². The lowest BCUT2D eigenvalue weighted by Gasteiger charge is -2.58. The highest BCUT2D eigenvalue weighted by atomic mass is 16.7. The SMILES string of the molecule is CCc1cc(C(=O)N(C)OC)ccc1C(=O)NC1C2CC3CC1CC(O)(C3)C2. The van der Waals surface area contributed by atoms with Crippen molar-refractivity contribution in [2.24, 2.45) is 17.8 Å². The van der Waals surface area contributed by atoms with E-state index in [-0.39, 0.29) is 17.9 Å². The van der Waals surface area contributed by atoms with Crippen LogP contribution in [0.1, 0.15) is 65.3 Å². The van der Waals surface area contributed by atoms with Gasteiger partial charge in [0.05, 0.1) is 12.7 Å². The Morgan fingerprint density at radius 2 is 1.93 bits per heavy atom. The van der Waals surface area contributed by atoms with Gasteiger partial charge in [-0.15, -0.1) is 0 Å². The Morgan fingerprint density at radius 1 is 1.25 bits per heavy atom. The molecule has 0 spiro atoms. The number of hydroxylamine groups is 2. The maximum atomic E-state index is 13.1. The normalized spacial score (nSPS) is 33.0. The summed E-state index contributed by atoms with van der Waals surface area (Å²) in [5.74, 6) is 1.06. The van der Waals surface area contributed by atoms with Crippen LogP contribution < -0.4 is 5.32 Å². The predicted molar refractivity (Wildman–Crippen MR) is 105 cm³/mol. The number of amides is 2. The highest BCUT2D eigenvalue weighted by Crippen LogP contribution is 2.55. The number of nitrogens with zero attached hydrogens (tertiary/aromatic N) is 1. The average Bonchev–Trinajstić information content (AvgIpc) is 2.67. The predicted octanol–water partition coefficient (Wildman–Crippen LogP) is 2.55. The first-order valence-electron chi connectivity index (χ1n) is 10.3. The summed E-state index contributed by atoms with van der Waals surface area (Å²) in [4.78, 5) is 30.4. The molecule has 4 aliphatic carbocycles. The van der Waals surface area contributed by atoms with E-state index < -0.39 is 5.60 Å². The first-order valence-corrected chi connectivity index (χ1v) is 10.3. The van der Waals surface area contributed by atoms with Gasteiger partial charge in [-0.05, 0) is 80.0 Å². The molecule has 28 heavy (non-hydrogen) atoms. The van der Waals surface area contributed by atoms with Crippen LogP contribution in [0.25, 0.3) is 0 Å². The lowest BCUT2D eigenvalue weighted by Crippen LogP contribution is -2.61. The second-order valence-corrected chi connectivity index (χ2v) is 8.90. The summed E-state index contributed by atoms with van der Waals surface area (Å²) in [6.45, 7) is 1.98. The van der Waals surface area contributed by atoms with Crippen LogP contribution in [0.3, 0.4) is 0 Å². The van der Waals surface area contributed by atoms with Crippen molar-refractivity contribution >= 4 is 11.8 Å². The molecule has 0 aromatic heterocycles. The van der Waals surface area contributed by atoms with Gasteiger partial charge in [0, 0.05) is 24.2 Å². The van der Waals surface area contributed by atoms with E-state index in [0.717, 1.165) is 37.7 Å². The smallest absolute Gasteiger partial charge is 0.277 e. The van der Waals surface area contributed by atoms with E-state index >= 15 is 0 Å². The van der Waals surface area contributed by atoms with E-state index in [4.69, 9.17) is 4.84 Å². The van der Waals surface area contributed by atoms with Crippen LogP contribution >= 0.6 is 0 Å². The molecule has 152 valence electrons. The Kier molecular flexibility index (Phi) is 4.96. The summed E-state index contributed by atoms with van der Waals surface area (Å²) in [6.07, 6.45) is 5.44. The van der Waals surface area contributed by atoms with E-state index in [9.17, 15) is 14.7 Å². The summed E-state index contributed by atoms with van der Waals surface area (Å²) < 4.78 is 0. The largest absolute Gasteiger partial charge is 0.390 e. The number of hydrogen-bond acceptors (Lipinski definition) is 4. The van der Waals surface area contributed by atoms with Crippen molar-refractivity contribution in [2.75, 3.05) is 14.2 Å². The molecule has 4 aliphatic rings. The van der Waals surface area contributed by atoms with Crippen molar-refractivity contribution in [2.45, 2.75) is 57.1 Å². The molecule has 0 radical (unpaired) electrons. The summed E-state index contributed by atoms with van der Waals surface area (Å²) in [5.41, 5.74) is 1.50. The molecular weight excluding hydrogens is 356 g/mol. The Balaban J connectivity index is 1.51. The van der Waals surface area contributed by atoms with Gasteiger partial charge < -0.3 is 10.4 Å². The van der Waals surface area contributed by atoms with Gasteiger partial charge in [0.1, 0.15) is 0 Å². The van der Waals surface area contributed by atoms with Crippen molar-refractivity contribution < 1.29 is 19.5 Å². The van der Waals surface area contributed by atoms with Gasteiger partial charge in [-0.3, -0.25) is 14.4 Å². The first-order chi connectivity index (χ1) is 13.3. The molecule has 6 nitrogen and oxygen atoms in total. The maximum Gasteiger partial charge on any atom is 0.277 e. The van der Waals surface area contributed by atoms with E-state index in [2.05, 4.69) is 5.32 Å². The minimum Gasteiger partial charge on any atom is -0.390 e. The van der Waals surface area contributed by atoms with E-state index in [1.165, 1.54) is 12.2 Å². The Labute approximate surface area is 166 Å². The van der Waals surface area contributed by atoms with Gasteiger partial charge in [-0.1, -0.05) is 6.92 Å². The van der Waals surface area contributed by atoms with E-state index in [1.807, 2.05) is 6.92 Å². The third-order valence-corrected chi connectivity index (χ3v) is 7.08. The zero-order valence-corrected chi connectivity index (χ0v) is 16.9. The average molecular weight is 386 g/mol. The highest BCUT2D eigenvalue weighted by Gasteiger charge is 2.55. The quantitative estimate of drug-likeness (QED) is 0.763. The van der Waals surface area contributed by atoms with Crippen molar-refractivity contribution in [3.63, 3.8) is 0 Å². The fourth-order valence-electron chi connectivity index (χ4n) is 5.95. The zero-order valence-electron chi connectivity index (χ0n) is 16.9. The second kappa shape index (κ2) is 7.16. The Hall–Kier alpha value is -1.92. The van der Waals surface area contributed by atoms with Crippen LogP contribution in [-0.2, 0) is 11.3 Å². The molecule has 0 aliphatic heterocycles. The molecule has 0 saturated heterocycles. The van der Waals surface area contributed by atoms with Crippen LogP contribution in [0.15, 0.2) is 18.2 Å². The Morgan fingerprint density at radius 3 is 2.50 bits per heavy atom. The summed E-state index contributed by atoms with van der Waals surface area (Å²) in [6, 6.07) is 5.36. The lowest BCUT2D eigenvalue weighted by molar-refractivity contribution is -0.136. The third-order valence-electron chi connectivity index (χ3n) is 7.08. The molecule has 1 aromatic rings. The number of carbonyl (C=O) groups is 2. The molecule has 0 heterocycles. The number of carbonyl (C=O) groups excluding carboxylic acids is 2. The van der Waals surface area contributed by atoms with Gasteiger partial charge in [-0.2, -0.15) is 0 Å². The molecule has 6 heteroatoms. The number of nitrogens with one attached hydrogen (secondary N) is 1. The van der Waals surface area contributed by atoms with Crippen molar-refractivity contribution in [1.29, 1.82) is 0 Å². The number of rotatable bonds is 5. The maximum absolute atomic E-state index is 13.1. The van der Waals surface area contributed by atoms with Gasteiger partial charge >= 0.3 is 0 Å². The van der Waals surface area contributed by atoms with Crippen LogP contribution in [-0.4, -0.2) is 47.8 Å². The van der Waals surface area contributed by atoms with Gasteiger partial charge in [-0.25, -0.2) is 5.06 Å². The van der Waals surface area contributed by atoms with Crippen LogP contribution in [0.5, 0.6) is 0 Å². The van der Waals surface area contributed by atoms with Crippen LogP contribution in [0.2, 0.25) is 0 Å². The standard InChI is InChI=1S/C22H30N2O4/c1-4-14-9-15(21(26)24(2)28-3)5-6-18(14)20(25)23-19-16-7-13-8-17(19)12-22(27,10-13)11-16/h5-6,9,13,16-17,19,27H,4,7-8,10-12H2,1-3H3,(H,23,25).